The smallest absolute Gasteiger partial charge is 0.238 e. The van der Waals surface area contributed by atoms with Gasteiger partial charge in [-0.25, -0.2) is 13.6 Å². The third-order valence-corrected chi connectivity index (χ3v) is 5.70. The number of hydrogen-bond acceptors (Lipinski definition) is 3. The lowest BCUT2D eigenvalue weighted by Gasteiger charge is -2.19. The van der Waals surface area contributed by atoms with E-state index in [9.17, 15) is 8.42 Å². The predicted octanol–water partition coefficient (Wildman–Crippen LogP) is 2.35. The van der Waals surface area contributed by atoms with Crippen LogP contribution >= 0.6 is 24.0 Å². The van der Waals surface area contributed by atoms with Crippen LogP contribution in [0.15, 0.2) is 64.5 Å². The van der Waals surface area contributed by atoms with E-state index in [1.54, 1.807) is 19.2 Å². The van der Waals surface area contributed by atoms with Crippen molar-refractivity contribution in [3.8, 4) is 0 Å². The number of aliphatic imine (C=N–C) groups is 1. The highest BCUT2D eigenvalue weighted by atomic mass is 127. The average Bonchev–Trinajstić information content (AvgIpc) is 3.43. The number of guanidine groups is 1. The van der Waals surface area contributed by atoms with E-state index in [0.717, 1.165) is 18.1 Å². The molecule has 1 aliphatic rings. The molecule has 0 amide bonds. The van der Waals surface area contributed by atoms with Crippen LogP contribution in [0.25, 0.3) is 0 Å². The number of nitrogens with two attached hydrogens (primary N) is 1. The van der Waals surface area contributed by atoms with Crippen LogP contribution in [0.1, 0.15) is 24.0 Å². The molecule has 6 nitrogen and oxygen atoms in total. The number of nitrogens with one attached hydrogen (secondary N) is 2. The summed E-state index contributed by atoms with van der Waals surface area (Å²) in [5.41, 5.74) is 2.52. The largest absolute Gasteiger partial charge is 0.356 e. The standard InChI is InChI=1S/C19H24N4O2S.HI/c1-21-18(22-13-15-7-9-17(10-8-15)26(20,24)25)23-14-19(11-12-19)16-5-3-2-4-6-16;/h2-10H,11-14H2,1H3,(H2,20,24,25)(H2,21,22,23);1H. The molecule has 2 aromatic rings. The first-order chi connectivity index (χ1) is 12.4. The van der Waals surface area contributed by atoms with Gasteiger partial charge in [-0.1, -0.05) is 42.5 Å². The second-order valence-corrected chi connectivity index (χ2v) is 8.18. The van der Waals surface area contributed by atoms with Gasteiger partial charge in [0.05, 0.1) is 4.90 Å². The molecule has 1 fully saturated rings. The molecule has 0 radical (unpaired) electrons. The first-order valence-corrected chi connectivity index (χ1v) is 10.1. The highest BCUT2D eigenvalue weighted by molar-refractivity contribution is 14.0. The maximum atomic E-state index is 11.3. The molecular weight excluding hydrogens is 475 g/mol. The highest BCUT2D eigenvalue weighted by Gasteiger charge is 2.43. The lowest BCUT2D eigenvalue weighted by Crippen LogP contribution is -2.40. The third-order valence-electron chi connectivity index (χ3n) is 4.77. The summed E-state index contributed by atoms with van der Waals surface area (Å²) in [4.78, 5) is 4.38. The topological polar surface area (TPSA) is 96.6 Å². The number of rotatable bonds is 6. The minimum absolute atomic E-state index is 0. The van der Waals surface area contributed by atoms with Crippen molar-refractivity contribution in [1.29, 1.82) is 0 Å². The summed E-state index contributed by atoms with van der Waals surface area (Å²) in [5, 5.41) is 11.8. The van der Waals surface area contributed by atoms with Crippen LogP contribution in [-0.2, 0) is 22.0 Å². The summed E-state index contributed by atoms with van der Waals surface area (Å²) in [6, 6.07) is 17.1. The molecule has 0 spiro atoms. The fraction of sp³-hybridized carbons (Fsp3) is 0.316. The molecule has 0 atom stereocenters. The summed E-state index contributed by atoms with van der Waals surface area (Å²) in [6.07, 6.45) is 2.35. The zero-order valence-corrected chi connectivity index (χ0v) is 18.3. The van der Waals surface area contributed by atoms with E-state index in [1.165, 1.54) is 30.5 Å². The molecule has 3 rings (SSSR count). The molecule has 0 aliphatic heterocycles. The van der Waals surface area contributed by atoms with Gasteiger partial charge in [0.15, 0.2) is 5.96 Å². The van der Waals surface area contributed by atoms with Gasteiger partial charge < -0.3 is 10.6 Å². The Kier molecular flexibility index (Phi) is 7.24. The number of nitrogens with zero attached hydrogens (tertiary/aromatic N) is 1. The van der Waals surface area contributed by atoms with Crippen LogP contribution in [0.4, 0.5) is 0 Å². The van der Waals surface area contributed by atoms with Gasteiger partial charge in [0, 0.05) is 25.6 Å². The number of hydrogen-bond donors (Lipinski definition) is 3. The molecule has 1 aliphatic carbocycles. The van der Waals surface area contributed by atoms with Crippen molar-refractivity contribution in [1.82, 2.24) is 10.6 Å². The first-order valence-electron chi connectivity index (χ1n) is 8.55. The van der Waals surface area contributed by atoms with Crippen LogP contribution in [-0.4, -0.2) is 28.0 Å². The van der Waals surface area contributed by atoms with Crippen LogP contribution in [0.5, 0.6) is 0 Å². The fourth-order valence-corrected chi connectivity index (χ4v) is 3.48. The maximum absolute atomic E-state index is 11.3. The Morgan fingerprint density at radius 1 is 1.07 bits per heavy atom. The predicted molar refractivity (Wildman–Crippen MR) is 119 cm³/mol. The van der Waals surface area contributed by atoms with Crippen molar-refractivity contribution >= 4 is 40.0 Å². The summed E-state index contributed by atoms with van der Waals surface area (Å²) < 4.78 is 22.6. The molecule has 1 saturated carbocycles. The van der Waals surface area contributed by atoms with Gasteiger partial charge in [-0.15, -0.1) is 24.0 Å². The maximum Gasteiger partial charge on any atom is 0.238 e. The van der Waals surface area contributed by atoms with Crippen LogP contribution in [0.3, 0.4) is 0 Å². The van der Waals surface area contributed by atoms with Gasteiger partial charge in [0.1, 0.15) is 0 Å². The second-order valence-electron chi connectivity index (χ2n) is 6.61. The Morgan fingerprint density at radius 3 is 2.22 bits per heavy atom. The van der Waals surface area contributed by atoms with E-state index >= 15 is 0 Å². The molecule has 4 N–H and O–H groups in total. The number of benzene rings is 2. The molecule has 0 aromatic heterocycles. The van der Waals surface area contributed by atoms with Crippen molar-refractivity contribution in [2.75, 3.05) is 13.6 Å². The van der Waals surface area contributed by atoms with Crippen molar-refractivity contribution in [3.63, 3.8) is 0 Å². The molecule has 0 heterocycles. The average molecular weight is 500 g/mol. The van der Waals surface area contributed by atoms with Gasteiger partial charge in [0.25, 0.3) is 0 Å². The minimum atomic E-state index is -3.66. The SMILES string of the molecule is CN=C(NCc1ccc(S(N)(=O)=O)cc1)NCC1(c2ccccc2)CC1.I. The monoisotopic (exact) mass is 500 g/mol. The molecular formula is C19H25IN4O2S. The molecule has 8 heteroatoms. The van der Waals surface area contributed by atoms with E-state index in [1.807, 2.05) is 6.07 Å². The summed E-state index contributed by atoms with van der Waals surface area (Å²) in [6.45, 7) is 1.38. The summed E-state index contributed by atoms with van der Waals surface area (Å²) in [5.74, 6) is 0.725. The zero-order chi connectivity index (χ0) is 18.6. The summed E-state index contributed by atoms with van der Waals surface area (Å²) in [7, 11) is -1.92. The van der Waals surface area contributed by atoms with Crippen molar-refractivity contribution in [2.45, 2.75) is 29.7 Å². The molecule has 2 aromatic carbocycles. The van der Waals surface area contributed by atoms with Crippen LogP contribution in [0, 0.1) is 0 Å². The molecule has 0 unspecified atom stereocenters. The van der Waals surface area contributed by atoms with Gasteiger partial charge >= 0.3 is 0 Å². The zero-order valence-electron chi connectivity index (χ0n) is 15.2. The Morgan fingerprint density at radius 2 is 1.70 bits per heavy atom. The third kappa shape index (κ3) is 5.66. The number of halogens is 1. The lowest BCUT2D eigenvalue weighted by atomic mass is 9.96. The van der Waals surface area contributed by atoms with Crippen LogP contribution < -0.4 is 15.8 Å². The Hall–Kier alpha value is -1.65. The molecule has 27 heavy (non-hydrogen) atoms. The van der Waals surface area contributed by atoms with Crippen molar-refractivity contribution < 1.29 is 8.42 Å². The van der Waals surface area contributed by atoms with E-state index in [0.29, 0.717) is 6.54 Å². The van der Waals surface area contributed by atoms with Gasteiger partial charge in [-0.2, -0.15) is 0 Å². The molecule has 0 saturated heterocycles. The Balaban J connectivity index is 0.00000261. The van der Waals surface area contributed by atoms with E-state index in [2.05, 4.69) is 39.9 Å². The molecule has 146 valence electrons. The van der Waals surface area contributed by atoms with Crippen molar-refractivity contribution in [3.05, 3.63) is 65.7 Å². The van der Waals surface area contributed by atoms with E-state index < -0.39 is 10.0 Å². The highest BCUT2D eigenvalue weighted by Crippen LogP contribution is 2.47. The normalized spacial score (nSPS) is 15.6. The van der Waals surface area contributed by atoms with Gasteiger partial charge in [0.2, 0.25) is 10.0 Å². The summed E-state index contributed by atoms with van der Waals surface area (Å²) >= 11 is 0. The van der Waals surface area contributed by atoms with E-state index in [-0.39, 0.29) is 34.3 Å². The Bertz CT molecular complexity index is 880. The quantitative estimate of drug-likeness (QED) is 0.323. The Labute approximate surface area is 177 Å². The van der Waals surface area contributed by atoms with Crippen LogP contribution in [0.2, 0.25) is 0 Å². The second kappa shape index (κ2) is 9.03. The fourth-order valence-electron chi connectivity index (χ4n) is 2.97. The van der Waals surface area contributed by atoms with E-state index in [4.69, 9.17) is 5.14 Å². The molecule has 0 bridgehead atoms. The number of primary sulfonamides is 1. The minimum Gasteiger partial charge on any atom is -0.356 e. The van der Waals surface area contributed by atoms with Gasteiger partial charge in [-0.05, 0) is 36.1 Å². The lowest BCUT2D eigenvalue weighted by molar-refractivity contribution is 0.597. The first kappa shape index (κ1) is 21.6. The number of sulfonamides is 1. The van der Waals surface area contributed by atoms with Gasteiger partial charge in [-0.3, -0.25) is 4.99 Å². The van der Waals surface area contributed by atoms with Crippen molar-refractivity contribution in [2.24, 2.45) is 10.1 Å².